The number of carbonyl (C=O) groups is 1. The predicted octanol–water partition coefficient (Wildman–Crippen LogP) is 3.57. The second-order valence-electron chi connectivity index (χ2n) is 9.04. The zero-order valence-electron chi connectivity index (χ0n) is 20.8. The quantitative estimate of drug-likeness (QED) is 0.353. The van der Waals surface area contributed by atoms with E-state index in [0.29, 0.717) is 23.4 Å². The zero-order valence-corrected chi connectivity index (χ0v) is 20.8. The highest BCUT2D eigenvalue weighted by molar-refractivity contribution is 5.98. The number of para-hydroxylation sites is 1. The summed E-state index contributed by atoms with van der Waals surface area (Å²) in [5.41, 5.74) is 11.1. The SMILES string of the molecule is CN=CC=C(N)c1c2c(nc3ccccc13)/C(=C/C(=C(\C=O)COC)[C@@](C)(O)C(C)C)N(C)C2. The molecule has 0 fully saturated rings. The molecule has 0 unspecified atom stereocenters. The number of hydrogen-bond donors (Lipinski definition) is 2. The van der Waals surface area contributed by atoms with Crippen LogP contribution in [0.15, 0.2) is 52.6 Å². The third kappa shape index (κ3) is 4.67. The van der Waals surface area contributed by atoms with Crippen LogP contribution in [0.3, 0.4) is 0 Å². The number of ether oxygens (including phenoxy) is 1. The van der Waals surface area contributed by atoms with E-state index in [9.17, 15) is 9.90 Å². The van der Waals surface area contributed by atoms with Crippen LogP contribution in [0.25, 0.3) is 22.3 Å². The van der Waals surface area contributed by atoms with Crippen LogP contribution in [-0.4, -0.2) is 60.9 Å². The standard InChI is InChI=1S/C27H34N4O3/c1-17(2)27(3,33)21(18(15-32)16-34-6)13-24-26-20(14-31(24)5)25(22(28)11-12-29-4)19-9-7-8-10-23(19)30-26/h7-13,15,17,33H,14,16,28H2,1-6H3/b21-18-,22-11?,24-13-,29-12?/t27-/m0/s1. The van der Waals surface area contributed by atoms with Crippen molar-refractivity contribution >= 4 is 34.8 Å². The number of nitrogens with zero attached hydrogens (tertiary/aromatic N) is 3. The molecule has 7 nitrogen and oxygen atoms in total. The van der Waals surface area contributed by atoms with Gasteiger partial charge in [0.05, 0.1) is 29.1 Å². The molecule has 180 valence electrons. The van der Waals surface area contributed by atoms with Gasteiger partial charge in [0, 0.05) is 61.7 Å². The highest BCUT2D eigenvalue weighted by Crippen LogP contribution is 2.40. The van der Waals surface area contributed by atoms with Gasteiger partial charge in [-0.3, -0.25) is 9.79 Å². The molecule has 1 atom stereocenters. The molecule has 1 aliphatic rings. The Morgan fingerprint density at radius 3 is 2.71 bits per heavy atom. The zero-order chi connectivity index (χ0) is 25.0. The van der Waals surface area contributed by atoms with Crippen LogP contribution in [-0.2, 0) is 16.1 Å². The minimum atomic E-state index is -1.25. The van der Waals surface area contributed by atoms with Crippen LogP contribution < -0.4 is 5.73 Å². The smallest absolute Gasteiger partial charge is 0.148 e. The summed E-state index contributed by atoms with van der Waals surface area (Å²) in [5, 5.41) is 12.4. The van der Waals surface area contributed by atoms with E-state index in [0.717, 1.165) is 39.7 Å². The van der Waals surface area contributed by atoms with Crippen molar-refractivity contribution in [3.05, 3.63) is 64.4 Å². The molecule has 2 aromatic rings. The third-order valence-corrected chi connectivity index (χ3v) is 6.47. The number of pyridine rings is 1. The van der Waals surface area contributed by atoms with Gasteiger partial charge in [0.25, 0.3) is 0 Å². The summed E-state index contributed by atoms with van der Waals surface area (Å²) in [7, 11) is 5.20. The number of carbonyl (C=O) groups excluding carboxylic acids is 1. The van der Waals surface area contributed by atoms with Crippen molar-refractivity contribution in [2.24, 2.45) is 16.6 Å². The van der Waals surface area contributed by atoms with E-state index in [1.54, 1.807) is 26.3 Å². The van der Waals surface area contributed by atoms with Gasteiger partial charge in [0.15, 0.2) is 0 Å². The number of hydrogen-bond acceptors (Lipinski definition) is 7. The van der Waals surface area contributed by atoms with Gasteiger partial charge in [-0.25, -0.2) is 4.98 Å². The largest absolute Gasteiger partial charge is 0.398 e. The van der Waals surface area contributed by atoms with Crippen molar-refractivity contribution in [2.45, 2.75) is 32.9 Å². The first-order chi connectivity index (χ1) is 16.2. The third-order valence-electron chi connectivity index (χ3n) is 6.47. The van der Waals surface area contributed by atoms with Crippen LogP contribution >= 0.6 is 0 Å². The molecule has 0 amide bonds. The monoisotopic (exact) mass is 462 g/mol. The number of aliphatic imine (C=N–C) groups is 1. The average molecular weight is 463 g/mol. The fraction of sp³-hybridized carbons (Fsp3) is 0.370. The average Bonchev–Trinajstić information content (AvgIpc) is 3.11. The van der Waals surface area contributed by atoms with Crippen LogP contribution in [0.4, 0.5) is 0 Å². The number of aliphatic hydroxyl groups is 1. The number of aromatic nitrogens is 1. The van der Waals surface area contributed by atoms with E-state index >= 15 is 0 Å². The van der Waals surface area contributed by atoms with Crippen molar-refractivity contribution in [3.63, 3.8) is 0 Å². The lowest BCUT2D eigenvalue weighted by atomic mass is 9.81. The molecular weight excluding hydrogens is 428 g/mol. The normalized spacial score (nSPS) is 18.1. The molecule has 0 saturated carbocycles. The molecule has 1 aromatic heterocycles. The summed E-state index contributed by atoms with van der Waals surface area (Å²) in [6.45, 7) is 6.26. The Kier molecular flexibility index (Phi) is 7.69. The second kappa shape index (κ2) is 10.3. The van der Waals surface area contributed by atoms with E-state index in [1.807, 2.05) is 51.2 Å². The number of rotatable bonds is 8. The van der Waals surface area contributed by atoms with Gasteiger partial charge in [0.1, 0.15) is 6.29 Å². The molecule has 0 aliphatic carbocycles. The summed E-state index contributed by atoms with van der Waals surface area (Å²) >= 11 is 0. The molecular formula is C27H34N4O3. The number of nitrogens with two attached hydrogens (primary N) is 1. The van der Waals surface area contributed by atoms with E-state index in [-0.39, 0.29) is 12.5 Å². The summed E-state index contributed by atoms with van der Waals surface area (Å²) in [6, 6.07) is 7.89. The van der Waals surface area contributed by atoms with Crippen LogP contribution in [0.1, 0.15) is 37.6 Å². The van der Waals surface area contributed by atoms with Gasteiger partial charge in [0.2, 0.25) is 0 Å². The maximum Gasteiger partial charge on any atom is 0.148 e. The fourth-order valence-corrected chi connectivity index (χ4v) is 4.21. The minimum absolute atomic E-state index is 0.102. The van der Waals surface area contributed by atoms with Crippen LogP contribution in [0.2, 0.25) is 0 Å². The Bertz CT molecular complexity index is 1210. The maximum atomic E-state index is 12.0. The second-order valence-corrected chi connectivity index (χ2v) is 9.04. The summed E-state index contributed by atoms with van der Waals surface area (Å²) in [5.74, 6) is -0.135. The Labute approximate surface area is 201 Å². The van der Waals surface area contributed by atoms with Gasteiger partial charge >= 0.3 is 0 Å². The molecule has 3 rings (SSSR count). The number of benzene rings is 1. The topological polar surface area (TPSA) is 101 Å². The summed E-state index contributed by atoms with van der Waals surface area (Å²) in [6.07, 6.45) is 6.09. The Morgan fingerprint density at radius 1 is 1.38 bits per heavy atom. The highest BCUT2D eigenvalue weighted by atomic mass is 16.5. The lowest BCUT2D eigenvalue weighted by molar-refractivity contribution is -0.105. The van der Waals surface area contributed by atoms with E-state index in [2.05, 4.69) is 9.89 Å². The Morgan fingerprint density at radius 2 is 2.09 bits per heavy atom. The molecule has 0 radical (unpaired) electrons. The summed E-state index contributed by atoms with van der Waals surface area (Å²) < 4.78 is 5.26. The van der Waals surface area contributed by atoms with E-state index < -0.39 is 5.60 Å². The number of allylic oxidation sites excluding steroid dienone is 1. The van der Waals surface area contributed by atoms with Gasteiger partial charge in [-0.1, -0.05) is 32.0 Å². The fourth-order valence-electron chi connectivity index (χ4n) is 4.21. The van der Waals surface area contributed by atoms with Gasteiger partial charge in [-0.2, -0.15) is 0 Å². The molecule has 7 heteroatoms. The molecule has 0 spiro atoms. The van der Waals surface area contributed by atoms with Crippen molar-refractivity contribution < 1.29 is 14.6 Å². The van der Waals surface area contributed by atoms with E-state index in [4.69, 9.17) is 15.5 Å². The van der Waals surface area contributed by atoms with Crippen molar-refractivity contribution in [1.29, 1.82) is 0 Å². The first-order valence-electron chi connectivity index (χ1n) is 11.3. The van der Waals surface area contributed by atoms with E-state index in [1.165, 1.54) is 7.11 Å². The molecule has 3 N–H and O–H groups in total. The lowest BCUT2D eigenvalue weighted by Gasteiger charge is -2.31. The van der Waals surface area contributed by atoms with Crippen LogP contribution in [0, 0.1) is 5.92 Å². The number of methoxy groups -OCH3 is 1. The molecule has 0 bridgehead atoms. The lowest BCUT2D eigenvalue weighted by Crippen LogP contribution is -2.35. The van der Waals surface area contributed by atoms with Gasteiger partial charge in [-0.15, -0.1) is 0 Å². The van der Waals surface area contributed by atoms with Crippen molar-refractivity contribution in [3.8, 4) is 0 Å². The highest BCUT2D eigenvalue weighted by Gasteiger charge is 2.34. The number of fused-ring (bicyclic) bond motifs is 2. The summed E-state index contributed by atoms with van der Waals surface area (Å²) in [4.78, 5) is 23.1. The molecule has 0 saturated heterocycles. The molecule has 1 aliphatic heterocycles. The van der Waals surface area contributed by atoms with Crippen molar-refractivity contribution in [1.82, 2.24) is 9.88 Å². The minimum Gasteiger partial charge on any atom is -0.398 e. The molecule has 2 heterocycles. The van der Waals surface area contributed by atoms with Crippen molar-refractivity contribution in [2.75, 3.05) is 27.8 Å². The molecule has 34 heavy (non-hydrogen) atoms. The number of aldehydes is 1. The first-order valence-corrected chi connectivity index (χ1v) is 11.3. The molecule has 1 aromatic carbocycles. The maximum absolute atomic E-state index is 12.0. The van der Waals surface area contributed by atoms with Gasteiger partial charge in [-0.05, 0) is 36.6 Å². The Hall–Kier alpha value is -3.29. The Balaban J connectivity index is 2.36. The van der Waals surface area contributed by atoms with Gasteiger partial charge < -0.3 is 20.5 Å². The van der Waals surface area contributed by atoms with Crippen LogP contribution in [0.5, 0.6) is 0 Å². The first kappa shape index (κ1) is 25.3. The predicted molar refractivity (Wildman–Crippen MR) is 138 cm³/mol.